The molecule has 12 nitrogen and oxygen atoms in total. The van der Waals surface area contributed by atoms with Crippen molar-refractivity contribution in [3.05, 3.63) is 241 Å². The predicted molar refractivity (Wildman–Crippen MR) is 289 cm³/mol. The summed E-state index contributed by atoms with van der Waals surface area (Å²) in [7, 11) is 0. The molecule has 0 amide bonds. The number of carbonyl (C=O) groups excluding carboxylic acids is 5. The lowest BCUT2D eigenvalue weighted by molar-refractivity contribution is -0.130. The van der Waals surface area contributed by atoms with E-state index in [0.29, 0.717) is 39.5 Å². The van der Waals surface area contributed by atoms with Crippen LogP contribution in [0, 0.1) is 0 Å². The van der Waals surface area contributed by atoms with Gasteiger partial charge in [-0.25, -0.2) is 24.0 Å². The van der Waals surface area contributed by atoms with Crippen LogP contribution in [0.4, 0.5) is 0 Å². The highest BCUT2D eigenvalue weighted by atomic mass is 16.6. The maximum absolute atomic E-state index is 14.0. The normalized spacial score (nSPS) is 11.4. The van der Waals surface area contributed by atoms with Gasteiger partial charge in [0.15, 0.2) is 0 Å². The van der Waals surface area contributed by atoms with Crippen molar-refractivity contribution >= 4 is 72.9 Å². The van der Waals surface area contributed by atoms with Gasteiger partial charge in [0.1, 0.15) is 34.5 Å². The van der Waals surface area contributed by atoms with Crippen molar-refractivity contribution in [2.75, 3.05) is 0 Å². The van der Waals surface area contributed by atoms with Gasteiger partial charge >= 0.3 is 29.8 Å². The quantitative estimate of drug-likeness (QED) is 0.0476. The average Bonchev–Trinajstić information content (AvgIpc) is 3.43. The molecule has 0 heterocycles. The van der Waals surface area contributed by atoms with Crippen molar-refractivity contribution in [2.45, 2.75) is 20.1 Å². The summed E-state index contributed by atoms with van der Waals surface area (Å²) in [5, 5.41) is 17.9. The molecule has 0 saturated heterocycles. The van der Waals surface area contributed by atoms with Crippen LogP contribution in [0.15, 0.2) is 218 Å². The first kappa shape index (κ1) is 49.4. The Kier molecular flexibility index (Phi) is 13.7. The van der Waals surface area contributed by atoms with Crippen molar-refractivity contribution < 1.29 is 57.5 Å². The number of esters is 5. The number of hydrogen-bond acceptors (Lipinski definition) is 12. The van der Waals surface area contributed by atoms with Crippen LogP contribution in [-0.4, -0.2) is 35.0 Å². The number of hydrogen-bond donors (Lipinski definition) is 1. The predicted octanol–water partition coefficient (Wildman–Crippen LogP) is 13.7. The molecule has 12 heteroatoms. The van der Waals surface area contributed by atoms with Gasteiger partial charge in [-0.1, -0.05) is 98.1 Å². The van der Waals surface area contributed by atoms with Crippen LogP contribution in [0.1, 0.15) is 56.8 Å². The van der Waals surface area contributed by atoms with Crippen LogP contribution in [0.2, 0.25) is 0 Å². The zero-order chi connectivity index (χ0) is 53.0. The third kappa shape index (κ3) is 10.6. The smallest absolute Gasteiger partial charge is 0.343 e. The molecule has 1 unspecified atom stereocenters. The van der Waals surface area contributed by atoms with E-state index >= 15 is 0 Å². The summed E-state index contributed by atoms with van der Waals surface area (Å²) in [5.41, 5.74) is 2.78. The number of aliphatic hydroxyl groups is 1. The Balaban J connectivity index is 0.863. The van der Waals surface area contributed by atoms with E-state index < -0.39 is 36.1 Å². The van der Waals surface area contributed by atoms with Gasteiger partial charge in [-0.2, -0.15) is 0 Å². The van der Waals surface area contributed by atoms with Crippen molar-refractivity contribution in [1.82, 2.24) is 0 Å². The molecule has 76 heavy (non-hydrogen) atoms. The van der Waals surface area contributed by atoms with E-state index in [0.717, 1.165) is 43.1 Å². The first-order valence-corrected chi connectivity index (χ1v) is 23.8. The standard InChI is InChI=1S/C64H44O12/c1-37(2)59(65)73-51-29-21-43-33-47(15-13-45(43)35-51)63(69)71-49-25-17-41(18-26-49)61(67)75-55-31-23-39-9-5-7-11-53(39)57(55)58-54-12-8-6-10-40(54)24-32-56(58)76-62(68)42-19-27-50(28-20-42)72-64(70)48-16-14-46-36-52(30-22-44(46)34-48)74-60(66)38(3)4/h5-36,61,67H,1,3H2,2,4H3. The van der Waals surface area contributed by atoms with E-state index in [2.05, 4.69) is 13.2 Å². The summed E-state index contributed by atoms with van der Waals surface area (Å²) in [6.07, 6.45) is -1.49. The molecule has 0 aliphatic carbocycles. The number of fused-ring (bicyclic) bond motifs is 4. The number of benzene rings is 10. The Bertz CT molecular complexity index is 4010. The Morgan fingerprint density at radius 1 is 0.382 bits per heavy atom. The van der Waals surface area contributed by atoms with E-state index in [9.17, 15) is 29.1 Å². The molecule has 1 atom stereocenters. The highest BCUT2D eigenvalue weighted by molar-refractivity contribution is 6.11. The fourth-order valence-electron chi connectivity index (χ4n) is 8.46. The molecule has 372 valence electrons. The molecule has 0 bridgehead atoms. The first-order chi connectivity index (χ1) is 36.7. The van der Waals surface area contributed by atoms with Crippen LogP contribution in [0.5, 0.6) is 34.5 Å². The third-order valence-electron chi connectivity index (χ3n) is 12.4. The molecule has 0 radical (unpaired) electrons. The fourth-order valence-corrected chi connectivity index (χ4v) is 8.46. The van der Waals surface area contributed by atoms with Crippen LogP contribution < -0.4 is 28.4 Å². The lowest BCUT2D eigenvalue weighted by atomic mass is 9.92. The van der Waals surface area contributed by atoms with E-state index in [1.54, 1.807) is 123 Å². The minimum absolute atomic E-state index is 0.183. The Morgan fingerprint density at radius 3 is 1.26 bits per heavy atom. The van der Waals surface area contributed by atoms with Gasteiger partial charge in [0.25, 0.3) is 0 Å². The number of carbonyl (C=O) groups is 5. The molecule has 0 aromatic heterocycles. The van der Waals surface area contributed by atoms with Crippen molar-refractivity contribution in [2.24, 2.45) is 0 Å². The molecule has 0 aliphatic heterocycles. The molecule has 10 aromatic carbocycles. The largest absolute Gasteiger partial charge is 0.460 e. The van der Waals surface area contributed by atoms with Crippen molar-refractivity contribution in [3.63, 3.8) is 0 Å². The monoisotopic (exact) mass is 1000 g/mol. The second kappa shape index (κ2) is 21.1. The van der Waals surface area contributed by atoms with Crippen LogP contribution in [0.25, 0.3) is 54.2 Å². The van der Waals surface area contributed by atoms with E-state index in [1.807, 2.05) is 60.7 Å². The molecule has 10 rings (SSSR count). The second-order valence-electron chi connectivity index (χ2n) is 17.8. The Morgan fingerprint density at radius 2 is 0.763 bits per heavy atom. The van der Waals surface area contributed by atoms with E-state index in [-0.39, 0.29) is 39.5 Å². The summed E-state index contributed by atoms with van der Waals surface area (Å²) in [6.45, 7) is 10.3. The molecule has 0 fully saturated rings. The second-order valence-corrected chi connectivity index (χ2v) is 17.8. The Labute approximate surface area is 435 Å². The van der Waals surface area contributed by atoms with Gasteiger partial charge in [0.2, 0.25) is 6.29 Å². The average molecular weight is 1010 g/mol. The number of rotatable bonds is 14. The van der Waals surface area contributed by atoms with Gasteiger partial charge in [0, 0.05) is 27.8 Å². The zero-order valence-electron chi connectivity index (χ0n) is 40.9. The summed E-state index contributed by atoms with van der Waals surface area (Å²) in [4.78, 5) is 64.6. The third-order valence-corrected chi connectivity index (χ3v) is 12.4. The SMILES string of the molecule is C=C(C)C(=O)Oc1ccc2cc(C(=O)Oc3ccc(C(=O)Oc4ccc5ccccc5c4-c4c(OC(O)c5ccc(OC(=O)c6ccc7cc(OC(=O)C(=C)C)ccc7c6)cc5)ccc5ccccc45)cc3)ccc2c1. The van der Waals surface area contributed by atoms with Gasteiger partial charge in [-0.15, -0.1) is 0 Å². The maximum atomic E-state index is 14.0. The maximum Gasteiger partial charge on any atom is 0.343 e. The number of ether oxygens (including phenoxy) is 6. The summed E-state index contributed by atoms with van der Waals surface area (Å²) < 4.78 is 34.7. The van der Waals surface area contributed by atoms with Crippen LogP contribution in [-0.2, 0) is 9.59 Å². The van der Waals surface area contributed by atoms with Gasteiger partial charge in [0.05, 0.1) is 16.7 Å². The van der Waals surface area contributed by atoms with Crippen LogP contribution in [0.3, 0.4) is 0 Å². The first-order valence-electron chi connectivity index (χ1n) is 23.8. The minimum atomic E-state index is -1.49. The molecule has 0 aliphatic rings. The topological polar surface area (TPSA) is 161 Å². The molecule has 0 spiro atoms. The Hall–Kier alpha value is -10.2. The van der Waals surface area contributed by atoms with Gasteiger partial charge in [-0.05, 0) is 166 Å². The van der Waals surface area contributed by atoms with Gasteiger partial charge in [-0.3, -0.25) is 0 Å². The summed E-state index contributed by atoms with van der Waals surface area (Å²) in [6, 6.07) is 54.9. The summed E-state index contributed by atoms with van der Waals surface area (Å²) >= 11 is 0. The van der Waals surface area contributed by atoms with E-state index in [4.69, 9.17) is 28.4 Å². The lowest BCUT2D eigenvalue weighted by Crippen LogP contribution is -2.11. The molecule has 1 N–H and O–H groups in total. The molecular formula is C64H44O12. The number of aliphatic hydroxyl groups excluding tert-OH is 1. The highest BCUT2D eigenvalue weighted by Crippen LogP contribution is 2.46. The van der Waals surface area contributed by atoms with E-state index in [1.165, 1.54) is 24.3 Å². The van der Waals surface area contributed by atoms with Crippen molar-refractivity contribution in [1.29, 1.82) is 0 Å². The highest BCUT2D eigenvalue weighted by Gasteiger charge is 2.24. The summed E-state index contributed by atoms with van der Waals surface area (Å²) in [5.74, 6) is -1.33. The van der Waals surface area contributed by atoms with Crippen LogP contribution >= 0.6 is 0 Å². The molecular weight excluding hydrogens is 961 g/mol. The van der Waals surface area contributed by atoms with Crippen molar-refractivity contribution in [3.8, 4) is 45.6 Å². The molecule has 10 aromatic rings. The molecule has 0 saturated carbocycles. The minimum Gasteiger partial charge on any atom is -0.460 e. The lowest BCUT2D eigenvalue weighted by Gasteiger charge is -2.21. The fraction of sp³-hybridized carbons (Fsp3) is 0.0469. The van der Waals surface area contributed by atoms with Gasteiger partial charge < -0.3 is 33.5 Å². The zero-order valence-corrected chi connectivity index (χ0v) is 40.9.